The minimum absolute atomic E-state index is 0.0817. The largest absolute Gasteiger partial charge is 0.383 e. The molecule has 0 saturated heterocycles. The molecule has 0 aromatic carbocycles. The summed E-state index contributed by atoms with van der Waals surface area (Å²) < 4.78 is 5.94. The summed E-state index contributed by atoms with van der Waals surface area (Å²) in [4.78, 5) is 15.0. The quantitative estimate of drug-likeness (QED) is 0.804. The molecule has 1 aromatic rings. The molecule has 1 unspecified atom stereocenters. The second-order valence-electron chi connectivity index (χ2n) is 3.85. The van der Waals surface area contributed by atoms with Crippen LogP contribution in [0.4, 0.5) is 0 Å². The topological polar surface area (TPSA) is 29.5 Å². The maximum Gasteiger partial charge on any atom is 0.265 e. The van der Waals surface area contributed by atoms with Crippen LogP contribution in [0.5, 0.6) is 0 Å². The lowest BCUT2D eigenvalue weighted by Gasteiger charge is -2.28. The van der Waals surface area contributed by atoms with Crippen molar-refractivity contribution in [2.24, 2.45) is 0 Å². The molecule has 0 aliphatic rings. The monoisotopic (exact) mass is 319 g/mol. The highest BCUT2D eigenvalue weighted by Gasteiger charge is 2.22. The van der Waals surface area contributed by atoms with Crippen molar-refractivity contribution in [2.45, 2.75) is 26.3 Å². The number of hydrogen-bond donors (Lipinski definition) is 0. The standard InChI is InChI=1S/C12H18BrNO2S/c1-4-9(2)14(6-7-16-3)12(15)11-10(13)5-8-17-11/h5,8-9H,4,6-7H2,1-3H3. The van der Waals surface area contributed by atoms with Crippen LogP contribution in [0.15, 0.2) is 15.9 Å². The normalized spacial score (nSPS) is 12.5. The number of carbonyl (C=O) groups is 1. The van der Waals surface area contributed by atoms with Crippen LogP contribution in [-0.2, 0) is 4.74 Å². The van der Waals surface area contributed by atoms with E-state index in [0.29, 0.717) is 13.2 Å². The number of thiophene rings is 1. The fourth-order valence-corrected chi connectivity index (χ4v) is 3.00. The molecule has 1 aromatic heterocycles. The van der Waals surface area contributed by atoms with Gasteiger partial charge in [0.25, 0.3) is 5.91 Å². The summed E-state index contributed by atoms with van der Waals surface area (Å²) in [6, 6.07) is 2.13. The number of carbonyl (C=O) groups excluding carboxylic acids is 1. The first-order valence-electron chi connectivity index (χ1n) is 5.64. The van der Waals surface area contributed by atoms with Gasteiger partial charge in [-0.15, -0.1) is 11.3 Å². The van der Waals surface area contributed by atoms with Crippen LogP contribution in [-0.4, -0.2) is 37.1 Å². The molecule has 1 atom stereocenters. The number of hydrogen-bond acceptors (Lipinski definition) is 3. The summed E-state index contributed by atoms with van der Waals surface area (Å²) in [5.74, 6) is 0.0817. The minimum atomic E-state index is 0.0817. The third-order valence-electron chi connectivity index (χ3n) is 2.73. The van der Waals surface area contributed by atoms with E-state index in [4.69, 9.17) is 4.74 Å². The van der Waals surface area contributed by atoms with Gasteiger partial charge in [0.05, 0.1) is 6.61 Å². The molecule has 1 rings (SSSR count). The zero-order valence-electron chi connectivity index (χ0n) is 10.4. The highest BCUT2D eigenvalue weighted by Crippen LogP contribution is 2.25. The molecule has 96 valence electrons. The van der Waals surface area contributed by atoms with E-state index >= 15 is 0 Å². The Hall–Kier alpha value is -0.390. The van der Waals surface area contributed by atoms with E-state index in [2.05, 4.69) is 29.8 Å². The molecule has 17 heavy (non-hydrogen) atoms. The van der Waals surface area contributed by atoms with Crippen molar-refractivity contribution >= 4 is 33.2 Å². The second kappa shape index (κ2) is 7.13. The summed E-state index contributed by atoms with van der Waals surface area (Å²) in [5, 5.41) is 1.92. The molecule has 3 nitrogen and oxygen atoms in total. The lowest BCUT2D eigenvalue weighted by Crippen LogP contribution is -2.40. The Morgan fingerprint density at radius 2 is 2.35 bits per heavy atom. The second-order valence-corrected chi connectivity index (χ2v) is 5.62. The van der Waals surface area contributed by atoms with Gasteiger partial charge in [0.15, 0.2) is 0 Å². The fourth-order valence-electron chi connectivity index (χ4n) is 1.51. The van der Waals surface area contributed by atoms with Crippen molar-refractivity contribution in [3.05, 3.63) is 20.8 Å². The average Bonchev–Trinajstić information content (AvgIpc) is 2.75. The molecule has 0 spiro atoms. The van der Waals surface area contributed by atoms with E-state index in [-0.39, 0.29) is 11.9 Å². The van der Waals surface area contributed by atoms with Crippen molar-refractivity contribution in [3.63, 3.8) is 0 Å². The van der Waals surface area contributed by atoms with Crippen LogP contribution in [0.1, 0.15) is 29.9 Å². The van der Waals surface area contributed by atoms with Gasteiger partial charge in [0.2, 0.25) is 0 Å². The predicted molar refractivity (Wildman–Crippen MR) is 74.7 cm³/mol. The van der Waals surface area contributed by atoms with Crippen molar-refractivity contribution in [1.29, 1.82) is 0 Å². The first-order chi connectivity index (χ1) is 8.11. The lowest BCUT2D eigenvalue weighted by atomic mass is 10.2. The average molecular weight is 320 g/mol. The number of amides is 1. The molecule has 0 radical (unpaired) electrons. The van der Waals surface area contributed by atoms with Gasteiger partial charge < -0.3 is 9.64 Å². The lowest BCUT2D eigenvalue weighted by molar-refractivity contribution is 0.0618. The number of nitrogens with zero attached hydrogens (tertiary/aromatic N) is 1. The Balaban J connectivity index is 2.82. The summed E-state index contributed by atoms with van der Waals surface area (Å²) in [6.07, 6.45) is 0.943. The Bertz CT molecular complexity index is 367. The van der Waals surface area contributed by atoms with E-state index in [1.807, 2.05) is 16.3 Å². The fraction of sp³-hybridized carbons (Fsp3) is 0.583. The number of methoxy groups -OCH3 is 1. The van der Waals surface area contributed by atoms with Crippen molar-refractivity contribution in [2.75, 3.05) is 20.3 Å². The highest BCUT2D eigenvalue weighted by molar-refractivity contribution is 9.10. The van der Waals surface area contributed by atoms with Crippen LogP contribution in [0.25, 0.3) is 0 Å². The maximum atomic E-state index is 12.4. The van der Waals surface area contributed by atoms with Gasteiger partial charge >= 0.3 is 0 Å². The molecule has 0 aliphatic carbocycles. The van der Waals surface area contributed by atoms with E-state index in [1.54, 1.807) is 7.11 Å². The van der Waals surface area contributed by atoms with E-state index in [9.17, 15) is 4.79 Å². The van der Waals surface area contributed by atoms with Crippen LogP contribution < -0.4 is 0 Å². The van der Waals surface area contributed by atoms with Crippen molar-refractivity contribution in [1.82, 2.24) is 4.90 Å². The van der Waals surface area contributed by atoms with Crippen LogP contribution >= 0.6 is 27.3 Å². The summed E-state index contributed by atoms with van der Waals surface area (Å²) in [5.41, 5.74) is 0. The maximum absolute atomic E-state index is 12.4. The van der Waals surface area contributed by atoms with Crippen molar-refractivity contribution in [3.8, 4) is 0 Å². The van der Waals surface area contributed by atoms with Gasteiger partial charge in [0, 0.05) is 24.2 Å². The van der Waals surface area contributed by atoms with Gasteiger partial charge in [-0.2, -0.15) is 0 Å². The van der Waals surface area contributed by atoms with Gasteiger partial charge in [-0.05, 0) is 40.7 Å². The number of ether oxygens (including phenoxy) is 1. The summed E-state index contributed by atoms with van der Waals surface area (Å²) in [6.45, 7) is 5.35. The Labute approximate surface area is 115 Å². The third kappa shape index (κ3) is 3.79. The van der Waals surface area contributed by atoms with E-state index < -0.39 is 0 Å². The Morgan fingerprint density at radius 1 is 1.65 bits per heavy atom. The van der Waals surface area contributed by atoms with Crippen LogP contribution in [0.2, 0.25) is 0 Å². The predicted octanol–water partition coefficient (Wildman–Crippen LogP) is 3.40. The van der Waals surface area contributed by atoms with Gasteiger partial charge in [0.1, 0.15) is 4.88 Å². The third-order valence-corrected chi connectivity index (χ3v) is 4.56. The SMILES string of the molecule is CCC(C)N(CCOC)C(=O)c1sccc1Br. The summed E-state index contributed by atoms with van der Waals surface area (Å²) in [7, 11) is 1.65. The summed E-state index contributed by atoms with van der Waals surface area (Å²) >= 11 is 4.87. The van der Waals surface area contributed by atoms with E-state index in [0.717, 1.165) is 15.8 Å². The zero-order chi connectivity index (χ0) is 12.8. The Morgan fingerprint density at radius 3 is 2.82 bits per heavy atom. The highest BCUT2D eigenvalue weighted by atomic mass is 79.9. The van der Waals surface area contributed by atoms with Crippen LogP contribution in [0, 0.1) is 0 Å². The van der Waals surface area contributed by atoms with E-state index in [1.165, 1.54) is 11.3 Å². The Kier molecular flexibility index (Phi) is 6.16. The first-order valence-corrected chi connectivity index (χ1v) is 7.32. The smallest absolute Gasteiger partial charge is 0.265 e. The zero-order valence-corrected chi connectivity index (χ0v) is 12.8. The molecule has 0 fully saturated rings. The first kappa shape index (κ1) is 14.7. The molecule has 0 saturated carbocycles. The molecule has 1 amide bonds. The van der Waals surface area contributed by atoms with Gasteiger partial charge in [-0.3, -0.25) is 4.79 Å². The molecular weight excluding hydrogens is 302 g/mol. The molecule has 5 heteroatoms. The minimum Gasteiger partial charge on any atom is -0.383 e. The number of halogens is 1. The number of rotatable bonds is 6. The molecule has 0 aliphatic heterocycles. The van der Waals surface area contributed by atoms with Crippen molar-refractivity contribution < 1.29 is 9.53 Å². The molecule has 1 heterocycles. The van der Waals surface area contributed by atoms with Gasteiger partial charge in [-0.25, -0.2) is 0 Å². The molecule has 0 bridgehead atoms. The van der Waals surface area contributed by atoms with Gasteiger partial charge in [-0.1, -0.05) is 6.92 Å². The van der Waals surface area contributed by atoms with Crippen LogP contribution in [0.3, 0.4) is 0 Å². The molecule has 0 N–H and O–H groups in total. The molecular formula is C12H18BrNO2S.